The molecule has 0 unspecified atom stereocenters. The lowest BCUT2D eigenvalue weighted by atomic mass is 10.1. The van der Waals surface area contributed by atoms with Crippen LogP contribution < -0.4 is 0 Å². The lowest BCUT2D eigenvalue weighted by Crippen LogP contribution is -2.40. The number of rotatable bonds is 4. The minimum atomic E-state index is 0.110. The Morgan fingerprint density at radius 2 is 1.70 bits per heavy atom. The number of halogens is 1. The zero-order chi connectivity index (χ0) is 16.1. The van der Waals surface area contributed by atoms with Crippen LogP contribution in [0.15, 0.2) is 59.1 Å². The van der Waals surface area contributed by atoms with Gasteiger partial charge in [-0.3, -0.25) is 4.79 Å². The largest absolute Gasteiger partial charge is 0.373 e. The van der Waals surface area contributed by atoms with Crippen molar-refractivity contribution in [1.82, 2.24) is 4.90 Å². The van der Waals surface area contributed by atoms with Crippen molar-refractivity contribution in [3.8, 4) is 0 Å². The highest BCUT2D eigenvalue weighted by Gasteiger charge is 2.24. The van der Waals surface area contributed by atoms with E-state index in [-0.39, 0.29) is 12.0 Å². The number of ether oxygens (including phenoxy) is 1. The molecule has 4 heteroatoms. The first-order valence-electron chi connectivity index (χ1n) is 7.93. The molecular formula is C19H20BrNO2. The summed E-state index contributed by atoms with van der Waals surface area (Å²) in [6.45, 7) is 2.16. The van der Waals surface area contributed by atoms with Gasteiger partial charge in [-0.2, -0.15) is 0 Å². The van der Waals surface area contributed by atoms with E-state index in [0.29, 0.717) is 6.61 Å². The van der Waals surface area contributed by atoms with Crippen molar-refractivity contribution in [3.05, 3.63) is 70.2 Å². The number of likely N-dealkylation sites (tertiary alicyclic amines) is 1. The van der Waals surface area contributed by atoms with Crippen LogP contribution in [-0.4, -0.2) is 30.0 Å². The third-order valence-corrected chi connectivity index (χ3v) is 4.68. The van der Waals surface area contributed by atoms with Crippen LogP contribution in [-0.2, 0) is 11.3 Å². The number of hydrogen-bond donors (Lipinski definition) is 0. The van der Waals surface area contributed by atoms with Gasteiger partial charge in [0.25, 0.3) is 5.91 Å². The molecule has 1 heterocycles. The Bertz CT molecular complexity index is 634. The Balaban J connectivity index is 1.48. The molecule has 1 amide bonds. The van der Waals surface area contributed by atoms with E-state index < -0.39 is 0 Å². The highest BCUT2D eigenvalue weighted by molar-refractivity contribution is 9.10. The molecular weight excluding hydrogens is 354 g/mol. The van der Waals surface area contributed by atoms with Crippen molar-refractivity contribution in [2.75, 3.05) is 13.1 Å². The van der Waals surface area contributed by atoms with Gasteiger partial charge in [0.05, 0.1) is 12.7 Å². The van der Waals surface area contributed by atoms with Gasteiger partial charge in [-0.25, -0.2) is 0 Å². The van der Waals surface area contributed by atoms with Crippen molar-refractivity contribution < 1.29 is 9.53 Å². The quantitative estimate of drug-likeness (QED) is 0.800. The molecule has 0 aliphatic carbocycles. The number of piperidine rings is 1. The fourth-order valence-electron chi connectivity index (χ4n) is 2.79. The van der Waals surface area contributed by atoms with Crippen LogP contribution in [0.4, 0.5) is 0 Å². The smallest absolute Gasteiger partial charge is 0.253 e. The predicted molar refractivity (Wildman–Crippen MR) is 94.3 cm³/mol. The molecule has 3 nitrogen and oxygen atoms in total. The van der Waals surface area contributed by atoms with Gasteiger partial charge in [0.1, 0.15) is 0 Å². The van der Waals surface area contributed by atoms with E-state index in [2.05, 4.69) is 28.1 Å². The Morgan fingerprint density at radius 1 is 1.04 bits per heavy atom. The van der Waals surface area contributed by atoms with E-state index in [1.807, 2.05) is 47.4 Å². The Kier molecular flexibility index (Phi) is 5.47. The average Bonchev–Trinajstić information content (AvgIpc) is 2.61. The van der Waals surface area contributed by atoms with E-state index in [9.17, 15) is 4.79 Å². The highest BCUT2D eigenvalue weighted by atomic mass is 79.9. The molecule has 1 aliphatic heterocycles. The van der Waals surface area contributed by atoms with Crippen LogP contribution in [0.3, 0.4) is 0 Å². The van der Waals surface area contributed by atoms with E-state index in [0.717, 1.165) is 36.0 Å². The van der Waals surface area contributed by atoms with Gasteiger partial charge in [-0.15, -0.1) is 0 Å². The molecule has 0 radical (unpaired) electrons. The molecule has 2 aromatic rings. The summed E-state index contributed by atoms with van der Waals surface area (Å²) < 4.78 is 6.96. The maximum Gasteiger partial charge on any atom is 0.253 e. The topological polar surface area (TPSA) is 29.5 Å². The van der Waals surface area contributed by atoms with Crippen LogP contribution >= 0.6 is 15.9 Å². The molecule has 0 bridgehead atoms. The number of nitrogens with zero attached hydrogens (tertiary/aromatic N) is 1. The first kappa shape index (κ1) is 16.2. The van der Waals surface area contributed by atoms with Crippen molar-refractivity contribution in [3.63, 3.8) is 0 Å². The number of carbonyl (C=O) groups is 1. The van der Waals surface area contributed by atoms with Crippen molar-refractivity contribution >= 4 is 21.8 Å². The zero-order valence-corrected chi connectivity index (χ0v) is 14.5. The standard InChI is InChI=1S/C19H20BrNO2/c20-17-8-6-16(7-9-17)19(22)21-12-10-18(11-13-21)23-14-15-4-2-1-3-5-15/h1-9,18H,10-14H2. The van der Waals surface area contributed by atoms with E-state index >= 15 is 0 Å². The first-order valence-corrected chi connectivity index (χ1v) is 8.72. The summed E-state index contributed by atoms with van der Waals surface area (Å²) in [5.41, 5.74) is 1.94. The second-order valence-corrected chi connectivity index (χ2v) is 6.71. The summed E-state index contributed by atoms with van der Waals surface area (Å²) in [6.07, 6.45) is 2.04. The van der Waals surface area contributed by atoms with Crippen LogP contribution in [0.25, 0.3) is 0 Å². The Labute approximate surface area is 145 Å². The first-order chi connectivity index (χ1) is 11.2. The second-order valence-electron chi connectivity index (χ2n) is 5.80. The molecule has 3 rings (SSSR count). The van der Waals surface area contributed by atoms with Gasteiger partial charge in [-0.1, -0.05) is 46.3 Å². The summed E-state index contributed by atoms with van der Waals surface area (Å²) in [7, 11) is 0. The molecule has 0 saturated carbocycles. The van der Waals surface area contributed by atoms with Gasteiger partial charge in [-0.05, 0) is 42.7 Å². The van der Waals surface area contributed by atoms with Gasteiger partial charge in [0.2, 0.25) is 0 Å². The summed E-state index contributed by atoms with van der Waals surface area (Å²) in [5.74, 6) is 0.110. The molecule has 120 valence electrons. The molecule has 0 spiro atoms. The Morgan fingerprint density at radius 3 is 2.35 bits per heavy atom. The maximum absolute atomic E-state index is 12.5. The number of hydrogen-bond acceptors (Lipinski definition) is 2. The molecule has 1 saturated heterocycles. The third-order valence-electron chi connectivity index (χ3n) is 4.15. The normalized spacial score (nSPS) is 15.6. The van der Waals surface area contributed by atoms with Crippen LogP contribution in [0.2, 0.25) is 0 Å². The monoisotopic (exact) mass is 373 g/mol. The molecule has 0 atom stereocenters. The van der Waals surface area contributed by atoms with Crippen molar-refractivity contribution in [1.29, 1.82) is 0 Å². The molecule has 1 aliphatic rings. The van der Waals surface area contributed by atoms with Crippen LogP contribution in [0, 0.1) is 0 Å². The lowest BCUT2D eigenvalue weighted by molar-refractivity contribution is -0.000379. The minimum absolute atomic E-state index is 0.110. The molecule has 0 aromatic heterocycles. The predicted octanol–water partition coefficient (Wildman–Crippen LogP) is 4.27. The number of benzene rings is 2. The van der Waals surface area contributed by atoms with Crippen LogP contribution in [0.5, 0.6) is 0 Å². The Hall–Kier alpha value is -1.65. The lowest BCUT2D eigenvalue weighted by Gasteiger charge is -2.32. The summed E-state index contributed by atoms with van der Waals surface area (Å²) in [4.78, 5) is 14.4. The van der Waals surface area contributed by atoms with E-state index in [1.54, 1.807) is 0 Å². The second kappa shape index (κ2) is 7.75. The van der Waals surface area contributed by atoms with Gasteiger partial charge < -0.3 is 9.64 Å². The highest BCUT2D eigenvalue weighted by Crippen LogP contribution is 2.19. The van der Waals surface area contributed by atoms with Gasteiger partial charge in [0.15, 0.2) is 0 Å². The zero-order valence-electron chi connectivity index (χ0n) is 13.0. The summed E-state index contributed by atoms with van der Waals surface area (Å²) in [5, 5.41) is 0. The van der Waals surface area contributed by atoms with Gasteiger partial charge in [0, 0.05) is 23.1 Å². The van der Waals surface area contributed by atoms with Crippen LogP contribution in [0.1, 0.15) is 28.8 Å². The number of carbonyl (C=O) groups excluding carboxylic acids is 1. The summed E-state index contributed by atoms with van der Waals surface area (Å²) >= 11 is 3.39. The third kappa shape index (κ3) is 4.43. The molecule has 23 heavy (non-hydrogen) atoms. The number of amides is 1. The fourth-order valence-corrected chi connectivity index (χ4v) is 3.05. The van der Waals surface area contributed by atoms with Gasteiger partial charge >= 0.3 is 0 Å². The van der Waals surface area contributed by atoms with Crippen molar-refractivity contribution in [2.24, 2.45) is 0 Å². The molecule has 0 N–H and O–H groups in total. The maximum atomic E-state index is 12.5. The summed E-state index contributed by atoms with van der Waals surface area (Å²) in [6, 6.07) is 17.8. The average molecular weight is 374 g/mol. The van der Waals surface area contributed by atoms with E-state index in [1.165, 1.54) is 5.56 Å². The van der Waals surface area contributed by atoms with Crippen molar-refractivity contribution in [2.45, 2.75) is 25.6 Å². The minimum Gasteiger partial charge on any atom is -0.373 e. The molecule has 2 aromatic carbocycles. The SMILES string of the molecule is O=C(c1ccc(Br)cc1)N1CCC(OCc2ccccc2)CC1. The molecule has 1 fully saturated rings. The fraction of sp³-hybridized carbons (Fsp3) is 0.316. The van der Waals surface area contributed by atoms with E-state index in [4.69, 9.17) is 4.74 Å².